The molecule has 1 aliphatic heterocycles. The van der Waals surface area contributed by atoms with Gasteiger partial charge in [0, 0.05) is 18.0 Å². The summed E-state index contributed by atoms with van der Waals surface area (Å²) >= 11 is 1.63. The van der Waals surface area contributed by atoms with Gasteiger partial charge in [-0.25, -0.2) is 8.78 Å². The smallest absolute Gasteiger partial charge is 0.319 e. The monoisotopic (exact) mass is 310 g/mol. The van der Waals surface area contributed by atoms with Gasteiger partial charge in [0.2, 0.25) is 5.91 Å². The highest BCUT2D eigenvalue weighted by molar-refractivity contribution is 7.10. The number of hydrogen-bond acceptors (Lipinski definition) is 3. The first-order valence-electron chi connectivity index (χ1n) is 6.10. The molecule has 0 unspecified atom stereocenters. The number of fused-ring (bicyclic) bond motifs is 1. The van der Waals surface area contributed by atoms with Gasteiger partial charge in [0.15, 0.2) is 0 Å². The van der Waals surface area contributed by atoms with Gasteiger partial charge >= 0.3 is 12.3 Å². The van der Waals surface area contributed by atoms with Crippen molar-refractivity contribution in [2.45, 2.75) is 25.3 Å². The maximum atomic E-state index is 12.7. The van der Waals surface area contributed by atoms with Gasteiger partial charge in [0.1, 0.15) is 0 Å². The Morgan fingerprint density at radius 2 is 2.25 bits per heavy atom. The third kappa shape index (κ3) is 3.49. The average Bonchev–Trinajstić information content (AvgIpc) is 2.85. The molecule has 0 aromatic carbocycles. The summed E-state index contributed by atoms with van der Waals surface area (Å²) in [5.41, 5.74) is 1.06. The molecule has 112 valence electrons. The zero-order valence-corrected chi connectivity index (χ0v) is 11.4. The number of alkyl halides is 4. The molecule has 2 heterocycles. The van der Waals surface area contributed by atoms with Crippen molar-refractivity contribution in [3.63, 3.8) is 0 Å². The van der Waals surface area contributed by atoms with Crippen LogP contribution in [0.25, 0.3) is 0 Å². The Labute approximate surface area is 117 Å². The first-order chi connectivity index (χ1) is 9.40. The molecule has 1 N–H and O–H groups in total. The number of amides is 1. The van der Waals surface area contributed by atoms with Gasteiger partial charge in [-0.2, -0.15) is 8.78 Å². The topological polar surface area (TPSA) is 32.3 Å². The number of nitrogens with one attached hydrogen (secondary N) is 1. The van der Waals surface area contributed by atoms with E-state index in [0.29, 0.717) is 13.1 Å². The number of nitrogens with zero attached hydrogens (tertiary/aromatic N) is 1. The molecule has 0 spiro atoms. The molecule has 1 aromatic rings. The SMILES string of the molecule is O=C(CNCC(F)(F)C(F)F)N1CCc2sccc2C1. The summed E-state index contributed by atoms with van der Waals surface area (Å²) in [6.07, 6.45) is -2.99. The zero-order valence-electron chi connectivity index (χ0n) is 10.5. The summed E-state index contributed by atoms with van der Waals surface area (Å²) in [6.45, 7) is -0.584. The van der Waals surface area contributed by atoms with Gasteiger partial charge < -0.3 is 10.2 Å². The molecule has 0 saturated heterocycles. The predicted octanol–water partition coefficient (Wildman–Crippen LogP) is 2.12. The van der Waals surface area contributed by atoms with Crippen LogP contribution in [0.1, 0.15) is 10.4 Å². The summed E-state index contributed by atoms with van der Waals surface area (Å²) < 4.78 is 49.2. The van der Waals surface area contributed by atoms with Gasteiger partial charge in [0.05, 0.1) is 13.1 Å². The predicted molar refractivity (Wildman–Crippen MR) is 67.3 cm³/mol. The Morgan fingerprint density at radius 3 is 2.95 bits per heavy atom. The molecule has 1 amide bonds. The summed E-state index contributed by atoms with van der Waals surface area (Å²) in [7, 11) is 0. The first-order valence-corrected chi connectivity index (χ1v) is 6.98. The van der Waals surface area contributed by atoms with Crippen molar-refractivity contribution >= 4 is 17.2 Å². The molecule has 0 radical (unpaired) electrons. The number of thiophene rings is 1. The summed E-state index contributed by atoms with van der Waals surface area (Å²) in [5, 5.41) is 4.05. The minimum atomic E-state index is -4.11. The van der Waals surface area contributed by atoms with Crippen LogP contribution in [-0.4, -0.2) is 42.8 Å². The van der Waals surface area contributed by atoms with E-state index >= 15 is 0 Å². The highest BCUT2D eigenvalue weighted by atomic mass is 32.1. The molecule has 20 heavy (non-hydrogen) atoms. The lowest BCUT2D eigenvalue weighted by atomic mass is 10.1. The van der Waals surface area contributed by atoms with Crippen molar-refractivity contribution in [2.75, 3.05) is 19.6 Å². The first kappa shape index (κ1) is 15.2. The van der Waals surface area contributed by atoms with Gasteiger partial charge in [-0.05, 0) is 23.4 Å². The van der Waals surface area contributed by atoms with Crippen molar-refractivity contribution in [3.05, 3.63) is 21.9 Å². The van der Waals surface area contributed by atoms with Crippen molar-refractivity contribution < 1.29 is 22.4 Å². The second kappa shape index (κ2) is 6.09. The largest absolute Gasteiger partial charge is 0.337 e. The highest BCUT2D eigenvalue weighted by Crippen LogP contribution is 2.24. The van der Waals surface area contributed by atoms with Crippen molar-refractivity contribution in [2.24, 2.45) is 0 Å². The standard InChI is InChI=1S/C12H14F4N2OS/c13-11(14)12(15,16)7-17-5-10(19)18-3-1-9-8(6-18)2-4-20-9/h2,4,11,17H,1,3,5-7H2. The summed E-state index contributed by atoms with van der Waals surface area (Å²) in [6, 6.07) is 1.93. The molecule has 0 fully saturated rings. The summed E-state index contributed by atoms with van der Waals surface area (Å²) in [4.78, 5) is 14.6. The lowest BCUT2D eigenvalue weighted by Crippen LogP contribution is -2.45. The van der Waals surface area contributed by atoms with E-state index in [1.807, 2.05) is 11.4 Å². The van der Waals surface area contributed by atoms with Crippen molar-refractivity contribution in [1.82, 2.24) is 10.2 Å². The van der Waals surface area contributed by atoms with Gasteiger partial charge in [-0.15, -0.1) is 11.3 Å². The number of rotatable bonds is 5. The molecule has 8 heteroatoms. The molecule has 3 nitrogen and oxygen atoms in total. The fourth-order valence-electron chi connectivity index (χ4n) is 1.99. The molecule has 0 aliphatic carbocycles. The number of hydrogen-bond donors (Lipinski definition) is 1. The maximum Gasteiger partial charge on any atom is 0.319 e. The van der Waals surface area contributed by atoms with Crippen LogP contribution in [0.5, 0.6) is 0 Å². The maximum absolute atomic E-state index is 12.7. The van der Waals surface area contributed by atoms with E-state index < -0.39 is 18.9 Å². The molecule has 0 saturated carbocycles. The molecule has 1 aliphatic rings. The Bertz CT molecular complexity index is 478. The number of carbonyl (C=O) groups excluding carboxylic acids is 1. The Kier molecular flexibility index (Phi) is 4.64. The third-order valence-electron chi connectivity index (χ3n) is 3.12. The van der Waals surface area contributed by atoms with Crippen LogP contribution < -0.4 is 5.32 Å². The number of carbonyl (C=O) groups is 1. The van der Waals surface area contributed by atoms with Gasteiger partial charge in [0.25, 0.3) is 0 Å². The molecule has 0 bridgehead atoms. The fourth-order valence-corrected chi connectivity index (χ4v) is 2.88. The van der Waals surface area contributed by atoms with Crippen LogP contribution in [0.4, 0.5) is 17.6 Å². The minimum Gasteiger partial charge on any atom is -0.337 e. The molecular formula is C12H14F4N2OS. The van der Waals surface area contributed by atoms with Crippen LogP contribution in [-0.2, 0) is 17.8 Å². The second-order valence-corrected chi connectivity index (χ2v) is 5.60. The number of halogens is 4. The van der Waals surface area contributed by atoms with E-state index in [0.717, 1.165) is 12.0 Å². The van der Waals surface area contributed by atoms with E-state index in [-0.39, 0.29) is 12.5 Å². The third-order valence-corrected chi connectivity index (χ3v) is 4.14. The van der Waals surface area contributed by atoms with Crippen LogP contribution in [0, 0.1) is 0 Å². The van der Waals surface area contributed by atoms with E-state index in [4.69, 9.17) is 0 Å². The van der Waals surface area contributed by atoms with E-state index in [2.05, 4.69) is 5.32 Å². The Morgan fingerprint density at radius 1 is 1.50 bits per heavy atom. The van der Waals surface area contributed by atoms with Crippen LogP contribution in [0.2, 0.25) is 0 Å². The van der Waals surface area contributed by atoms with Crippen molar-refractivity contribution in [1.29, 1.82) is 0 Å². The molecule has 0 atom stereocenters. The molecule has 2 rings (SSSR count). The van der Waals surface area contributed by atoms with Gasteiger partial charge in [-0.1, -0.05) is 0 Å². The van der Waals surface area contributed by atoms with Crippen LogP contribution in [0.3, 0.4) is 0 Å². The lowest BCUT2D eigenvalue weighted by Gasteiger charge is -2.27. The normalized spacial score (nSPS) is 15.6. The second-order valence-electron chi connectivity index (χ2n) is 4.60. The molecular weight excluding hydrogens is 296 g/mol. The average molecular weight is 310 g/mol. The lowest BCUT2D eigenvalue weighted by molar-refractivity contribution is -0.134. The molecule has 1 aromatic heterocycles. The van der Waals surface area contributed by atoms with Crippen LogP contribution >= 0.6 is 11.3 Å². The quantitative estimate of drug-likeness (QED) is 0.845. The van der Waals surface area contributed by atoms with Crippen molar-refractivity contribution in [3.8, 4) is 0 Å². The van der Waals surface area contributed by atoms with E-state index in [9.17, 15) is 22.4 Å². The van der Waals surface area contributed by atoms with E-state index in [1.54, 1.807) is 16.2 Å². The minimum absolute atomic E-state index is 0.355. The fraction of sp³-hybridized carbons (Fsp3) is 0.583. The highest BCUT2D eigenvalue weighted by Gasteiger charge is 2.40. The Balaban J connectivity index is 1.79. The van der Waals surface area contributed by atoms with Crippen LogP contribution in [0.15, 0.2) is 11.4 Å². The Hall–Kier alpha value is -1.15. The van der Waals surface area contributed by atoms with E-state index in [1.165, 1.54) is 4.88 Å². The zero-order chi connectivity index (χ0) is 14.8. The summed E-state index contributed by atoms with van der Waals surface area (Å²) in [5.74, 6) is -4.46. The van der Waals surface area contributed by atoms with Gasteiger partial charge in [-0.3, -0.25) is 4.79 Å².